The van der Waals surface area contributed by atoms with E-state index < -0.39 is 54.5 Å². The standard InChI is InChI=1S/C14H21NO8/c1-6-12(21-8(3)17)13(22-9(4)18)11(15-7(2)16)14(20-6)23-10(5)19/h6,11-14H,1-5H3,(H,15,16)/t6-,11+,12-,13-,14?/m1/s1. The van der Waals surface area contributed by atoms with Gasteiger partial charge < -0.3 is 24.3 Å². The van der Waals surface area contributed by atoms with Crippen LogP contribution >= 0.6 is 0 Å². The molecule has 0 bridgehead atoms. The number of hydrogen-bond acceptors (Lipinski definition) is 8. The average Bonchev–Trinajstić information content (AvgIpc) is 2.36. The largest absolute Gasteiger partial charge is 0.456 e. The van der Waals surface area contributed by atoms with E-state index in [0.29, 0.717) is 0 Å². The van der Waals surface area contributed by atoms with Crippen LogP contribution in [-0.2, 0) is 38.1 Å². The van der Waals surface area contributed by atoms with E-state index in [1.54, 1.807) is 6.92 Å². The highest BCUT2D eigenvalue weighted by atomic mass is 16.7. The Hall–Kier alpha value is -2.16. The summed E-state index contributed by atoms with van der Waals surface area (Å²) in [5, 5.41) is 2.51. The lowest BCUT2D eigenvalue weighted by molar-refractivity contribution is -0.261. The Morgan fingerprint density at radius 2 is 1.30 bits per heavy atom. The number of hydrogen-bond donors (Lipinski definition) is 1. The molecule has 1 rings (SSSR count). The third-order valence-corrected chi connectivity index (χ3v) is 3.04. The van der Waals surface area contributed by atoms with Crippen LogP contribution in [-0.4, -0.2) is 54.5 Å². The summed E-state index contributed by atoms with van der Waals surface area (Å²) in [5.74, 6) is -2.33. The van der Waals surface area contributed by atoms with Crippen molar-refractivity contribution in [2.75, 3.05) is 0 Å². The predicted octanol–water partition coefficient (Wildman–Crippen LogP) is -0.338. The Morgan fingerprint density at radius 3 is 1.74 bits per heavy atom. The van der Waals surface area contributed by atoms with E-state index >= 15 is 0 Å². The molecule has 1 amide bonds. The molecule has 1 N–H and O–H groups in total. The zero-order valence-corrected chi connectivity index (χ0v) is 13.7. The molecule has 0 radical (unpaired) electrons. The van der Waals surface area contributed by atoms with Gasteiger partial charge >= 0.3 is 17.9 Å². The van der Waals surface area contributed by atoms with Crippen LogP contribution in [0, 0.1) is 0 Å². The molecule has 0 saturated carbocycles. The van der Waals surface area contributed by atoms with Crippen molar-refractivity contribution in [1.29, 1.82) is 0 Å². The van der Waals surface area contributed by atoms with Crippen LogP contribution in [0.5, 0.6) is 0 Å². The maximum atomic E-state index is 11.4. The lowest BCUT2D eigenvalue weighted by Crippen LogP contribution is -2.65. The number of carbonyl (C=O) groups excluding carboxylic acids is 4. The maximum absolute atomic E-state index is 11.4. The molecule has 9 heteroatoms. The lowest BCUT2D eigenvalue weighted by Gasteiger charge is -2.43. The second kappa shape index (κ2) is 7.91. The van der Waals surface area contributed by atoms with Crippen molar-refractivity contribution in [2.45, 2.75) is 65.3 Å². The fourth-order valence-electron chi connectivity index (χ4n) is 2.34. The fourth-order valence-corrected chi connectivity index (χ4v) is 2.34. The number of rotatable bonds is 4. The topological polar surface area (TPSA) is 117 Å². The maximum Gasteiger partial charge on any atom is 0.305 e. The molecule has 1 aliphatic heterocycles. The van der Waals surface area contributed by atoms with Gasteiger partial charge in [0, 0.05) is 27.7 Å². The minimum Gasteiger partial charge on any atom is -0.456 e. The molecule has 130 valence electrons. The Balaban J connectivity index is 3.15. The van der Waals surface area contributed by atoms with Gasteiger partial charge in [0.05, 0.1) is 6.10 Å². The van der Waals surface area contributed by atoms with Crippen molar-refractivity contribution in [3.05, 3.63) is 0 Å². The van der Waals surface area contributed by atoms with Crippen molar-refractivity contribution in [1.82, 2.24) is 5.32 Å². The molecule has 9 nitrogen and oxygen atoms in total. The highest BCUT2D eigenvalue weighted by molar-refractivity contribution is 5.74. The van der Waals surface area contributed by atoms with E-state index in [9.17, 15) is 19.2 Å². The number of esters is 3. The van der Waals surface area contributed by atoms with Crippen LogP contribution in [0.2, 0.25) is 0 Å². The van der Waals surface area contributed by atoms with E-state index in [2.05, 4.69) is 5.32 Å². The molecule has 1 unspecified atom stereocenters. The summed E-state index contributed by atoms with van der Waals surface area (Å²) in [6, 6.07) is -1.01. The summed E-state index contributed by atoms with van der Waals surface area (Å²) in [5.41, 5.74) is 0. The molecule has 5 atom stereocenters. The lowest BCUT2D eigenvalue weighted by atomic mass is 9.96. The molecule has 1 aliphatic rings. The summed E-state index contributed by atoms with van der Waals surface area (Å²) in [4.78, 5) is 45.3. The summed E-state index contributed by atoms with van der Waals surface area (Å²) < 4.78 is 20.9. The van der Waals surface area contributed by atoms with Gasteiger partial charge in [0.25, 0.3) is 0 Å². The van der Waals surface area contributed by atoms with E-state index in [1.165, 1.54) is 27.7 Å². The summed E-state index contributed by atoms with van der Waals surface area (Å²) in [6.07, 6.45) is -3.92. The van der Waals surface area contributed by atoms with Gasteiger partial charge in [-0.3, -0.25) is 19.2 Å². The number of amides is 1. The minimum atomic E-state index is -1.18. The van der Waals surface area contributed by atoms with Gasteiger partial charge in [0.2, 0.25) is 12.2 Å². The van der Waals surface area contributed by atoms with Crippen molar-refractivity contribution in [2.24, 2.45) is 0 Å². The zero-order chi connectivity index (χ0) is 17.7. The van der Waals surface area contributed by atoms with Crippen LogP contribution in [0.3, 0.4) is 0 Å². The Bertz CT molecular complexity index is 491. The molecule has 0 aromatic carbocycles. The van der Waals surface area contributed by atoms with E-state index in [-0.39, 0.29) is 0 Å². The van der Waals surface area contributed by atoms with Crippen molar-refractivity contribution in [3.63, 3.8) is 0 Å². The van der Waals surface area contributed by atoms with Crippen molar-refractivity contribution >= 4 is 23.8 Å². The van der Waals surface area contributed by atoms with Crippen molar-refractivity contribution in [3.8, 4) is 0 Å². The van der Waals surface area contributed by atoms with Gasteiger partial charge in [-0.25, -0.2) is 0 Å². The first kappa shape index (κ1) is 18.9. The number of ether oxygens (including phenoxy) is 4. The smallest absolute Gasteiger partial charge is 0.305 e. The third-order valence-electron chi connectivity index (χ3n) is 3.04. The molecule has 0 aliphatic carbocycles. The second-order valence-corrected chi connectivity index (χ2v) is 5.19. The van der Waals surface area contributed by atoms with E-state index in [1.807, 2.05) is 0 Å². The van der Waals surface area contributed by atoms with Crippen LogP contribution in [0.1, 0.15) is 34.6 Å². The first-order valence-electron chi connectivity index (χ1n) is 7.06. The first-order valence-corrected chi connectivity index (χ1v) is 7.06. The fraction of sp³-hybridized carbons (Fsp3) is 0.714. The predicted molar refractivity (Wildman–Crippen MR) is 74.8 cm³/mol. The van der Waals surface area contributed by atoms with Crippen LogP contribution in [0.4, 0.5) is 0 Å². The quantitative estimate of drug-likeness (QED) is 0.549. The molecule has 23 heavy (non-hydrogen) atoms. The average molecular weight is 331 g/mol. The molecule has 0 aromatic heterocycles. The second-order valence-electron chi connectivity index (χ2n) is 5.19. The summed E-state index contributed by atoms with van der Waals surface area (Å²) in [7, 11) is 0. The van der Waals surface area contributed by atoms with Crippen molar-refractivity contribution < 1.29 is 38.1 Å². The van der Waals surface area contributed by atoms with E-state index in [4.69, 9.17) is 18.9 Å². The molecule has 1 heterocycles. The SMILES string of the molecule is CC(=O)N[C@@H]1C(OC(C)=O)O[C@H](C)[C@@H](OC(C)=O)[C@@H]1OC(C)=O. The summed E-state index contributed by atoms with van der Waals surface area (Å²) >= 11 is 0. The highest BCUT2D eigenvalue weighted by Crippen LogP contribution is 2.27. The third kappa shape index (κ3) is 5.51. The number of nitrogens with one attached hydrogen (secondary N) is 1. The normalized spacial score (nSPS) is 30.0. The van der Waals surface area contributed by atoms with Gasteiger partial charge in [-0.1, -0.05) is 0 Å². The van der Waals surface area contributed by atoms with Crippen LogP contribution < -0.4 is 5.32 Å². The van der Waals surface area contributed by atoms with Gasteiger partial charge in [0.1, 0.15) is 6.04 Å². The van der Waals surface area contributed by atoms with Gasteiger partial charge in [-0.15, -0.1) is 0 Å². The Morgan fingerprint density at radius 1 is 0.826 bits per heavy atom. The zero-order valence-electron chi connectivity index (χ0n) is 13.7. The van der Waals surface area contributed by atoms with Crippen LogP contribution in [0.15, 0.2) is 0 Å². The Labute approximate surface area is 133 Å². The molecular formula is C14H21NO8. The molecule has 1 fully saturated rings. The molecular weight excluding hydrogens is 310 g/mol. The van der Waals surface area contributed by atoms with Gasteiger partial charge in [-0.2, -0.15) is 0 Å². The summed E-state index contributed by atoms with van der Waals surface area (Å²) in [6.45, 7) is 6.37. The van der Waals surface area contributed by atoms with E-state index in [0.717, 1.165) is 0 Å². The highest BCUT2D eigenvalue weighted by Gasteiger charge is 2.50. The molecule has 0 aromatic rings. The van der Waals surface area contributed by atoms with Gasteiger partial charge in [-0.05, 0) is 6.92 Å². The first-order chi connectivity index (χ1) is 10.6. The number of carbonyl (C=O) groups is 4. The monoisotopic (exact) mass is 331 g/mol. The minimum absolute atomic E-state index is 0.455. The van der Waals surface area contributed by atoms with Crippen LogP contribution in [0.25, 0.3) is 0 Å². The Kier molecular flexibility index (Phi) is 6.49. The molecule has 0 spiro atoms. The molecule has 1 saturated heterocycles. The van der Waals surface area contributed by atoms with Gasteiger partial charge in [0.15, 0.2) is 12.2 Å².